The number of ether oxygens (including phenoxy) is 1. The fourth-order valence-corrected chi connectivity index (χ4v) is 2.43. The van der Waals surface area contributed by atoms with Crippen molar-refractivity contribution >= 4 is 0 Å². The molecule has 0 spiro atoms. The van der Waals surface area contributed by atoms with E-state index in [0.29, 0.717) is 12.1 Å². The van der Waals surface area contributed by atoms with E-state index in [1.54, 1.807) is 0 Å². The topological polar surface area (TPSA) is 38.5 Å². The predicted octanol–water partition coefficient (Wildman–Crippen LogP) is 1.22. The van der Waals surface area contributed by atoms with Gasteiger partial charge in [-0.15, -0.1) is 0 Å². The SMILES string of the molecule is CCN(CCN)C1CCCC(OC)C1. The lowest BCUT2D eigenvalue weighted by atomic mass is 9.91. The Morgan fingerprint density at radius 3 is 2.79 bits per heavy atom. The summed E-state index contributed by atoms with van der Waals surface area (Å²) in [6.45, 7) is 5.12. The third kappa shape index (κ3) is 3.23. The fraction of sp³-hybridized carbons (Fsp3) is 1.00. The van der Waals surface area contributed by atoms with E-state index in [4.69, 9.17) is 10.5 Å². The maximum absolute atomic E-state index is 5.61. The van der Waals surface area contributed by atoms with Crippen LogP contribution in [0.5, 0.6) is 0 Å². The molecule has 0 aromatic rings. The van der Waals surface area contributed by atoms with Gasteiger partial charge in [-0.05, 0) is 32.2 Å². The van der Waals surface area contributed by atoms with Gasteiger partial charge in [-0.3, -0.25) is 4.90 Å². The Balaban J connectivity index is 2.40. The molecule has 0 bridgehead atoms. The number of nitrogens with zero attached hydrogens (tertiary/aromatic N) is 1. The first kappa shape index (κ1) is 12.0. The molecule has 2 unspecified atom stereocenters. The lowest BCUT2D eigenvalue weighted by molar-refractivity contribution is 0.0300. The number of likely N-dealkylation sites (N-methyl/N-ethyl adjacent to an activating group) is 1. The molecule has 0 aromatic heterocycles. The van der Waals surface area contributed by atoms with Gasteiger partial charge in [0.1, 0.15) is 0 Å². The van der Waals surface area contributed by atoms with Crippen molar-refractivity contribution in [1.82, 2.24) is 4.90 Å². The highest BCUT2D eigenvalue weighted by molar-refractivity contribution is 4.80. The molecule has 2 N–H and O–H groups in total. The van der Waals surface area contributed by atoms with Crippen molar-refractivity contribution in [3.8, 4) is 0 Å². The average molecular weight is 200 g/mol. The van der Waals surface area contributed by atoms with Crippen LogP contribution in [0.4, 0.5) is 0 Å². The molecule has 0 aliphatic heterocycles. The van der Waals surface area contributed by atoms with Crippen LogP contribution in [-0.2, 0) is 4.74 Å². The van der Waals surface area contributed by atoms with Gasteiger partial charge in [0.15, 0.2) is 0 Å². The van der Waals surface area contributed by atoms with Gasteiger partial charge in [-0.2, -0.15) is 0 Å². The smallest absolute Gasteiger partial charge is 0.0586 e. The van der Waals surface area contributed by atoms with E-state index in [-0.39, 0.29) is 0 Å². The zero-order valence-electron chi connectivity index (χ0n) is 9.54. The quantitative estimate of drug-likeness (QED) is 0.725. The minimum atomic E-state index is 0.473. The molecule has 1 fully saturated rings. The molecule has 0 heterocycles. The summed E-state index contributed by atoms with van der Waals surface area (Å²) in [7, 11) is 1.83. The maximum Gasteiger partial charge on any atom is 0.0586 e. The van der Waals surface area contributed by atoms with Crippen LogP contribution in [-0.4, -0.2) is 43.8 Å². The van der Waals surface area contributed by atoms with E-state index >= 15 is 0 Å². The second-order valence-corrected chi connectivity index (χ2v) is 4.10. The van der Waals surface area contributed by atoms with Crippen LogP contribution in [0.2, 0.25) is 0 Å². The molecule has 1 rings (SSSR count). The molecule has 3 heteroatoms. The van der Waals surface area contributed by atoms with E-state index in [9.17, 15) is 0 Å². The van der Waals surface area contributed by atoms with E-state index < -0.39 is 0 Å². The van der Waals surface area contributed by atoms with E-state index in [1.807, 2.05) is 7.11 Å². The van der Waals surface area contributed by atoms with Crippen molar-refractivity contribution < 1.29 is 4.74 Å². The van der Waals surface area contributed by atoms with Crippen molar-refractivity contribution in [3.05, 3.63) is 0 Å². The second-order valence-electron chi connectivity index (χ2n) is 4.10. The van der Waals surface area contributed by atoms with Crippen LogP contribution >= 0.6 is 0 Å². The molecule has 84 valence electrons. The zero-order valence-corrected chi connectivity index (χ0v) is 9.54. The molecular formula is C11H24N2O. The predicted molar refractivity (Wildman–Crippen MR) is 59.4 cm³/mol. The Labute approximate surface area is 87.6 Å². The lowest BCUT2D eigenvalue weighted by Crippen LogP contribution is -2.42. The van der Waals surface area contributed by atoms with Crippen LogP contribution in [0.15, 0.2) is 0 Å². The molecule has 1 aliphatic rings. The van der Waals surface area contributed by atoms with Crippen LogP contribution < -0.4 is 5.73 Å². The first-order valence-corrected chi connectivity index (χ1v) is 5.78. The Morgan fingerprint density at radius 2 is 2.21 bits per heavy atom. The highest BCUT2D eigenvalue weighted by atomic mass is 16.5. The number of nitrogens with two attached hydrogens (primary N) is 1. The summed E-state index contributed by atoms with van der Waals surface area (Å²) < 4.78 is 5.44. The summed E-state index contributed by atoms with van der Waals surface area (Å²) in [5.41, 5.74) is 5.61. The molecular weight excluding hydrogens is 176 g/mol. The van der Waals surface area contributed by atoms with Gasteiger partial charge in [-0.1, -0.05) is 6.92 Å². The maximum atomic E-state index is 5.61. The van der Waals surface area contributed by atoms with Gasteiger partial charge < -0.3 is 10.5 Å². The summed E-state index contributed by atoms with van der Waals surface area (Å²) in [6, 6.07) is 0.697. The molecule has 14 heavy (non-hydrogen) atoms. The van der Waals surface area contributed by atoms with Gasteiger partial charge in [0, 0.05) is 26.2 Å². The van der Waals surface area contributed by atoms with Crippen molar-refractivity contribution in [1.29, 1.82) is 0 Å². The Morgan fingerprint density at radius 1 is 1.43 bits per heavy atom. The standard InChI is InChI=1S/C11H24N2O/c1-3-13(8-7-12)10-5-4-6-11(9-10)14-2/h10-11H,3-9,12H2,1-2H3. The van der Waals surface area contributed by atoms with Crippen molar-refractivity contribution in [2.75, 3.05) is 26.7 Å². The van der Waals surface area contributed by atoms with Crippen molar-refractivity contribution in [2.24, 2.45) is 5.73 Å². The molecule has 3 nitrogen and oxygen atoms in total. The van der Waals surface area contributed by atoms with Crippen LogP contribution in [0.3, 0.4) is 0 Å². The monoisotopic (exact) mass is 200 g/mol. The van der Waals surface area contributed by atoms with Gasteiger partial charge in [0.25, 0.3) is 0 Å². The Hall–Kier alpha value is -0.120. The van der Waals surface area contributed by atoms with Crippen LogP contribution in [0.1, 0.15) is 32.6 Å². The molecule has 2 atom stereocenters. The largest absolute Gasteiger partial charge is 0.381 e. The number of methoxy groups -OCH3 is 1. The van der Waals surface area contributed by atoms with Crippen LogP contribution in [0, 0.1) is 0 Å². The summed E-state index contributed by atoms with van der Waals surface area (Å²) in [5, 5.41) is 0. The third-order valence-corrected chi connectivity index (χ3v) is 3.27. The highest BCUT2D eigenvalue weighted by Crippen LogP contribution is 2.24. The van der Waals surface area contributed by atoms with E-state index in [1.165, 1.54) is 25.7 Å². The summed E-state index contributed by atoms with van der Waals surface area (Å²) in [6.07, 6.45) is 5.50. The molecule has 1 aliphatic carbocycles. The van der Waals surface area contributed by atoms with Crippen molar-refractivity contribution in [2.45, 2.75) is 44.8 Å². The molecule has 1 saturated carbocycles. The number of rotatable bonds is 5. The summed E-state index contributed by atoms with van der Waals surface area (Å²) >= 11 is 0. The molecule has 0 aromatic carbocycles. The fourth-order valence-electron chi connectivity index (χ4n) is 2.43. The minimum absolute atomic E-state index is 0.473. The molecule has 0 amide bonds. The van der Waals surface area contributed by atoms with E-state index in [2.05, 4.69) is 11.8 Å². The van der Waals surface area contributed by atoms with Gasteiger partial charge in [-0.25, -0.2) is 0 Å². The zero-order chi connectivity index (χ0) is 10.4. The van der Waals surface area contributed by atoms with E-state index in [0.717, 1.165) is 19.6 Å². The first-order valence-electron chi connectivity index (χ1n) is 5.78. The third-order valence-electron chi connectivity index (χ3n) is 3.27. The first-order chi connectivity index (χ1) is 6.81. The highest BCUT2D eigenvalue weighted by Gasteiger charge is 2.25. The number of hydrogen-bond acceptors (Lipinski definition) is 3. The Kier molecular flexibility index (Phi) is 5.45. The summed E-state index contributed by atoms with van der Waals surface area (Å²) in [5.74, 6) is 0. The van der Waals surface area contributed by atoms with Gasteiger partial charge in [0.2, 0.25) is 0 Å². The van der Waals surface area contributed by atoms with Crippen molar-refractivity contribution in [3.63, 3.8) is 0 Å². The van der Waals surface area contributed by atoms with Gasteiger partial charge >= 0.3 is 0 Å². The van der Waals surface area contributed by atoms with Gasteiger partial charge in [0.05, 0.1) is 6.10 Å². The summed E-state index contributed by atoms with van der Waals surface area (Å²) in [4.78, 5) is 2.49. The van der Waals surface area contributed by atoms with Crippen LogP contribution in [0.25, 0.3) is 0 Å². The second kappa shape index (κ2) is 6.38. The molecule has 0 radical (unpaired) electrons. The Bertz CT molecular complexity index is 152. The average Bonchev–Trinajstić information content (AvgIpc) is 2.26. The minimum Gasteiger partial charge on any atom is -0.381 e. The number of hydrogen-bond donors (Lipinski definition) is 1. The molecule has 0 saturated heterocycles. The normalized spacial score (nSPS) is 28.3. The lowest BCUT2D eigenvalue weighted by Gasteiger charge is -2.36.